The van der Waals surface area contributed by atoms with Gasteiger partial charge in [-0.3, -0.25) is 4.84 Å². The average molecular weight is 307 g/mol. The Morgan fingerprint density at radius 1 is 1.32 bits per heavy atom. The molecule has 1 saturated carbocycles. The van der Waals surface area contributed by atoms with Gasteiger partial charge in [0, 0.05) is 6.54 Å². The van der Waals surface area contributed by atoms with Crippen LogP contribution in [0.3, 0.4) is 0 Å². The highest BCUT2D eigenvalue weighted by molar-refractivity contribution is 5.62. The van der Waals surface area contributed by atoms with E-state index in [4.69, 9.17) is 4.84 Å². The van der Waals surface area contributed by atoms with E-state index < -0.39 is 18.2 Å². The first-order valence-corrected chi connectivity index (χ1v) is 7.73. The number of rotatable bonds is 8. The standard InChI is InChI=1S/C16H24N2O4/c19-15(11-17-22-13-8-4-5-9-13)14(18-16(20)21)10-12-6-2-1-3-7-12/h1-3,6-7,13-15,17-19H,4-5,8-11H2,(H,20,21)/p-1/t14-,15+/m0/s1. The molecule has 0 spiro atoms. The first-order chi connectivity index (χ1) is 10.6. The predicted octanol–water partition coefficient (Wildman–Crippen LogP) is 0.355. The summed E-state index contributed by atoms with van der Waals surface area (Å²) in [5.41, 5.74) is 3.70. The number of aliphatic hydroxyl groups is 1. The molecule has 1 fully saturated rings. The zero-order valence-corrected chi connectivity index (χ0v) is 12.5. The second-order valence-electron chi connectivity index (χ2n) is 5.67. The summed E-state index contributed by atoms with van der Waals surface area (Å²) in [6, 6.07) is 8.77. The highest BCUT2D eigenvalue weighted by Gasteiger charge is 2.21. The van der Waals surface area contributed by atoms with Crippen LogP contribution in [0.1, 0.15) is 31.2 Å². The van der Waals surface area contributed by atoms with Gasteiger partial charge in [-0.1, -0.05) is 43.2 Å². The van der Waals surface area contributed by atoms with Crippen LogP contribution in [0.15, 0.2) is 30.3 Å². The zero-order valence-electron chi connectivity index (χ0n) is 12.5. The number of amides is 1. The van der Waals surface area contributed by atoms with E-state index in [9.17, 15) is 15.0 Å². The number of nitrogens with one attached hydrogen (secondary N) is 2. The van der Waals surface area contributed by atoms with Crippen LogP contribution in [0, 0.1) is 0 Å². The smallest absolute Gasteiger partial charge is 0.134 e. The van der Waals surface area contributed by atoms with Gasteiger partial charge < -0.3 is 20.3 Å². The van der Waals surface area contributed by atoms with Crippen LogP contribution in [-0.2, 0) is 11.3 Å². The molecule has 1 amide bonds. The fraction of sp³-hybridized carbons (Fsp3) is 0.562. The third-order valence-corrected chi connectivity index (χ3v) is 3.91. The van der Waals surface area contributed by atoms with Crippen LogP contribution in [0.25, 0.3) is 0 Å². The van der Waals surface area contributed by atoms with Gasteiger partial charge in [-0.05, 0) is 24.8 Å². The summed E-state index contributed by atoms with van der Waals surface area (Å²) >= 11 is 0. The molecule has 1 aliphatic carbocycles. The van der Waals surface area contributed by atoms with Crippen LogP contribution in [-0.4, -0.2) is 36.0 Å². The molecule has 0 radical (unpaired) electrons. The summed E-state index contributed by atoms with van der Waals surface area (Å²) in [4.78, 5) is 16.3. The Kier molecular flexibility index (Phi) is 6.64. The van der Waals surface area contributed by atoms with E-state index >= 15 is 0 Å². The van der Waals surface area contributed by atoms with Crippen molar-refractivity contribution in [2.24, 2.45) is 0 Å². The zero-order chi connectivity index (χ0) is 15.8. The Morgan fingerprint density at radius 2 is 2.00 bits per heavy atom. The maximum atomic E-state index is 10.8. The van der Waals surface area contributed by atoms with Crippen molar-refractivity contribution in [2.75, 3.05) is 6.54 Å². The third-order valence-electron chi connectivity index (χ3n) is 3.91. The number of hydroxylamine groups is 1. The first-order valence-electron chi connectivity index (χ1n) is 7.73. The van der Waals surface area contributed by atoms with E-state index in [1.54, 1.807) is 0 Å². The molecule has 0 aliphatic heterocycles. The fourth-order valence-electron chi connectivity index (χ4n) is 2.70. The van der Waals surface area contributed by atoms with Gasteiger partial charge in [0.1, 0.15) is 6.09 Å². The number of aliphatic hydroxyl groups excluding tert-OH is 1. The van der Waals surface area contributed by atoms with Crippen molar-refractivity contribution < 1.29 is 19.8 Å². The molecule has 1 aromatic carbocycles. The Balaban J connectivity index is 1.82. The molecule has 122 valence electrons. The molecule has 1 aromatic rings. The molecular formula is C16H23N2O4-. The third kappa shape index (κ3) is 5.63. The van der Waals surface area contributed by atoms with E-state index in [1.165, 1.54) is 0 Å². The summed E-state index contributed by atoms with van der Waals surface area (Å²) in [5, 5.41) is 23.3. The lowest BCUT2D eigenvalue weighted by molar-refractivity contribution is -0.252. The van der Waals surface area contributed by atoms with Crippen molar-refractivity contribution in [3.8, 4) is 0 Å². The van der Waals surface area contributed by atoms with Crippen molar-refractivity contribution in [1.29, 1.82) is 0 Å². The summed E-state index contributed by atoms with van der Waals surface area (Å²) in [5.74, 6) is 0. The average Bonchev–Trinajstić information content (AvgIpc) is 3.00. The second kappa shape index (κ2) is 8.73. The van der Waals surface area contributed by atoms with Gasteiger partial charge in [-0.25, -0.2) is 0 Å². The molecule has 0 saturated heterocycles. The van der Waals surface area contributed by atoms with Gasteiger partial charge in [0.05, 0.1) is 18.2 Å². The molecule has 3 N–H and O–H groups in total. The summed E-state index contributed by atoms with van der Waals surface area (Å²) < 4.78 is 0. The fourth-order valence-corrected chi connectivity index (χ4v) is 2.70. The van der Waals surface area contributed by atoms with E-state index in [0.717, 1.165) is 31.2 Å². The topological polar surface area (TPSA) is 93.7 Å². The monoisotopic (exact) mass is 307 g/mol. The molecule has 0 aromatic heterocycles. The summed E-state index contributed by atoms with van der Waals surface area (Å²) in [7, 11) is 0. The minimum absolute atomic E-state index is 0.161. The van der Waals surface area contributed by atoms with Crippen molar-refractivity contribution in [2.45, 2.75) is 50.4 Å². The quantitative estimate of drug-likeness (QED) is 0.603. The number of hydrogen-bond acceptors (Lipinski definition) is 5. The van der Waals surface area contributed by atoms with Gasteiger partial charge in [-0.15, -0.1) is 0 Å². The molecule has 6 heteroatoms. The van der Waals surface area contributed by atoms with Gasteiger partial charge >= 0.3 is 0 Å². The van der Waals surface area contributed by atoms with Crippen molar-refractivity contribution in [3.63, 3.8) is 0 Å². The van der Waals surface area contributed by atoms with Crippen molar-refractivity contribution in [3.05, 3.63) is 35.9 Å². The van der Waals surface area contributed by atoms with Crippen LogP contribution >= 0.6 is 0 Å². The van der Waals surface area contributed by atoms with Crippen molar-refractivity contribution >= 4 is 6.09 Å². The van der Waals surface area contributed by atoms with E-state index in [2.05, 4.69) is 10.8 Å². The van der Waals surface area contributed by atoms with Crippen LogP contribution in [0.4, 0.5) is 4.79 Å². The first kappa shape index (κ1) is 16.7. The van der Waals surface area contributed by atoms with Crippen molar-refractivity contribution in [1.82, 2.24) is 10.8 Å². The lowest BCUT2D eigenvalue weighted by Crippen LogP contribution is -2.52. The highest BCUT2D eigenvalue weighted by Crippen LogP contribution is 2.19. The van der Waals surface area contributed by atoms with Gasteiger partial charge in [0.2, 0.25) is 0 Å². The van der Waals surface area contributed by atoms with E-state index in [1.807, 2.05) is 30.3 Å². The Morgan fingerprint density at radius 3 is 2.64 bits per heavy atom. The lowest BCUT2D eigenvalue weighted by atomic mass is 10.0. The largest absolute Gasteiger partial charge is 0.530 e. The highest BCUT2D eigenvalue weighted by atomic mass is 16.7. The van der Waals surface area contributed by atoms with E-state index in [0.29, 0.717) is 6.42 Å². The summed E-state index contributed by atoms with van der Waals surface area (Å²) in [6.07, 6.45) is 2.66. The molecule has 0 unspecified atom stereocenters. The minimum atomic E-state index is -1.39. The molecule has 6 nitrogen and oxygen atoms in total. The number of carbonyl (C=O) groups excluding carboxylic acids is 1. The number of hydrogen-bond donors (Lipinski definition) is 3. The minimum Gasteiger partial charge on any atom is -0.530 e. The predicted molar refractivity (Wildman–Crippen MR) is 79.8 cm³/mol. The Bertz CT molecular complexity index is 449. The molecule has 2 rings (SSSR count). The van der Waals surface area contributed by atoms with Gasteiger partial charge in [-0.2, -0.15) is 5.48 Å². The van der Waals surface area contributed by atoms with Crippen LogP contribution < -0.4 is 15.9 Å². The maximum absolute atomic E-state index is 10.8. The Hall–Kier alpha value is -1.63. The SMILES string of the molecule is O=C([O-])N[C@@H](Cc1ccccc1)[C@H](O)CNOC1CCCC1. The van der Waals surface area contributed by atoms with Gasteiger partial charge in [0.15, 0.2) is 0 Å². The Labute approximate surface area is 130 Å². The molecule has 0 heterocycles. The molecule has 1 aliphatic rings. The molecular weight excluding hydrogens is 284 g/mol. The second-order valence-corrected chi connectivity index (χ2v) is 5.67. The van der Waals surface area contributed by atoms with E-state index in [-0.39, 0.29) is 12.6 Å². The number of carboxylic acid groups (broad SMARTS) is 1. The molecule has 22 heavy (non-hydrogen) atoms. The van der Waals surface area contributed by atoms with Crippen LogP contribution in [0.5, 0.6) is 0 Å². The molecule has 0 bridgehead atoms. The number of carbonyl (C=O) groups is 1. The van der Waals surface area contributed by atoms with Gasteiger partial charge in [0.25, 0.3) is 0 Å². The summed E-state index contributed by atoms with van der Waals surface area (Å²) in [6.45, 7) is 0.161. The lowest BCUT2D eigenvalue weighted by Gasteiger charge is -2.26. The normalized spacial score (nSPS) is 18.0. The maximum Gasteiger partial charge on any atom is 0.134 e. The molecule has 2 atom stereocenters. The van der Waals surface area contributed by atoms with Crippen LogP contribution in [0.2, 0.25) is 0 Å². The number of benzene rings is 1.